The number of nitrogens with zero attached hydrogens (tertiary/aromatic N) is 2. The first-order valence-electron chi connectivity index (χ1n) is 8.89. The summed E-state index contributed by atoms with van der Waals surface area (Å²) >= 11 is 6.08. The van der Waals surface area contributed by atoms with Gasteiger partial charge < -0.3 is 15.1 Å². The maximum absolute atomic E-state index is 12.2. The van der Waals surface area contributed by atoms with Gasteiger partial charge in [-0.05, 0) is 30.7 Å². The molecule has 11 heteroatoms. The zero-order chi connectivity index (χ0) is 21.8. The number of anilines is 2. The average Bonchev–Trinajstić information content (AvgIpc) is 2.98. The SMILES string of the molecule is CC(=O)Nc1ccc(NC(=O)CCCn2c(=O)oc3cc([N+](=O)[O-])ccc32)cc1Cl. The highest BCUT2D eigenvalue weighted by Crippen LogP contribution is 2.25. The summed E-state index contributed by atoms with van der Waals surface area (Å²) in [6, 6.07) is 8.62. The van der Waals surface area contributed by atoms with Crippen molar-refractivity contribution in [3.8, 4) is 0 Å². The van der Waals surface area contributed by atoms with E-state index in [9.17, 15) is 24.5 Å². The number of carbonyl (C=O) groups excluding carboxylic acids is 2. The third kappa shape index (κ3) is 4.84. The van der Waals surface area contributed by atoms with Crippen molar-refractivity contribution in [1.82, 2.24) is 4.57 Å². The number of non-ortho nitro benzene ring substituents is 1. The number of nitro benzene ring substituents is 1. The molecule has 0 unspecified atom stereocenters. The van der Waals surface area contributed by atoms with Crippen molar-refractivity contribution in [2.45, 2.75) is 26.3 Å². The van der Waals surface area contributed by atoms with E-state index >= 15 is 0 Å². The summed E-state index contributed by atoms with van der Waals surface area (Å²) in [6.07, 6.45) is 0.465. The lowest BCUT2D eigenvalue weighted by atomic mass is 10.2. The molecule has 0 bridgehead atoms. The van der Waals surface area contributed by atoms with Crippen LogP contribution in [0.3, 0.4) is 0 Å². The molecule has 0 spiro atoms. The molecule has 0 radical (unpaired) electrons. The van der Waals surface area contributed by atoms with Crippen molar-refractivity contribution < 1.29 is 18.9 Å². The molecule has 156 valence electrons. The first-order valence-corrected chi connectivity index (χ1v) is 9.27. The Kier molecular flexibility index (Phi) is 6.17. The molecule has 0 aliphatic heterocycles. The van der Waals surface area contributed by atoms with Crippen LogP contribution in [0.1, 0.15) is 19.8 Å². The van der Waals surface area contributed by atoms with Gasteiger partial charge in [-0.1, -0.05) is 11.6 Å². The van der Waals surface area contributed by atoms with Gasteiger partial charge in [-0.15, -0.1) is 0 Å². The summed E-state index contributed by atoms with van der Waals surface area (Å²) in [4.78, 5) is 45.5. The molecule has 0 aliphatic carbocycles. The molecular weight excluding hydrogens is 416 g/mol. The van der Waals surface area contributed by atoms with E-state index in [4.69, 9.17) is 16.0 Å². The van der Waals surface area contributed by atoms with E-state index in [0.29, 0.717) is 23.3 Å². The lowest BCUT2D eigenvalue weighted by molar-refractivity contribution is -0.384. The van der Waals surface area contributed by atoms with Crippen molar-refractivity contribution in [2.75, 3.05) is 10.6 Å². The minimum atomic E-state index is -0.647. The van der Waals surface area contributed by atoms with Gasteiger partial charge in [0.15, 0.2) is 5.58 Å². The molecule has 2 aromatic carbocycles. The zero-order valence-corrected chi connectivity index (χ0v) is 16.6. The minimum Gasteiger partial charge on any atom is -0.407 e. The Morgan fingerprint density at radius 1 is 1.20 bits per heavy atom. The smallest absolute Gasteiger partial charge is 0.407 e. The van der Waals surface area contributed by atoms with Gasteiger partial charge in [-0.2, -0.15) is 0 Å². The van der Waals surface area contributed by atoms with Crippen molar-refractivity contribution in [3.63, 3.8) is 0 Å². The fourth-order valence-corrected chi connectivity index (χ4v) is 3.11. The van der Waals surface area contributed by atoms with Gasteiger partial charge in [0.05, 0.1) is 27.2 Å². The predicted molar refractivity (Wildman–Crippen MR) is 111 cm³/mol. The van der Waals surface area contributed by atoms with Crippen LogP contribution >= 0.6 is 11.6 Å². The van der Waals surface area contributed by atoms with Crippen molar-refractivity contribution >= 4 is 51.6 Å². The highest BCUT2D eigenvalue weighted by Gasteiger charge is 2.14. The van der Waals surface area contributed by atoms with Gasteiger partial charge in [0.25, 0.3) is 5.69 Å². The van der Waals surface area contributed by atoms with Gasteiger partial charge in [-0.25, -0.2) is 4.79 Å². The van der Waals surface area contributed by atoms with E-state index in [-0.39, 0.29) is 41.1 Å². The lowest BCUT2D eigenvalue weighted by Gasteiger charge is -2.09. The zero-order valence-electron chi connectivity index (χ0n) is 15.8. The molecule has 0 aliphatic rings. The maximum Gasteiger partial charge on any atom is 0.419 e. The second-order valence-electron chi connectivity index (χ2n) is 6.46. The number of halogens is 1. The summed E-state index contributed by atoms with van der Waals surface area (Å²) in [5.41, 5.74) is 1.27. The molecule has 0 fully saturated rings. The number of oxazole rings is 1. The van der Waals surface area contributed by atoms with Gasteiger partial charge in [0, 0.05) is 31.6 Å². The van der Waals surface area contributed by atoms with Crippen molar-refractivity contribution in [2.24, 2.45) is 0 Å². The molecule has 2 amide bonds. The minimum absolute atomic E-state index is 0.118. The number of fused-ring (bicyclic) bond motifs is 1. The van der Waals surface area contributed by atoms with E-state index in [2.05, 4.69) is 10.6 Å². The lowest BCUT2D eigenvalue weighted by Crippen LogP contribution is -2.17. The van der Waals surface area contributed by atoms with E-state index in [1.165, 1.54) is 35.8 Å². The number of benzene rings is 2. The molecule has 30 heavy (non-hydrogen) atoms. The number of aryl methyl sites for hydroxylation is 1. The van der Waals surface area contributed by atoms with E-state index < -0.39 is 10.7 Å². The monoisotopic (exact) mass is 432 g/mol. The molecule has 3 rings (SSSR count). The average molecular weight is 433 g/mol. The van der Waals surface area contributed by atoms with Crippen LogP contribution in [0.5, 0.6) is 0 Å². The highest BCUT2D eigenvalue weighted by molar-refractivity contribution is 6.34. The number of aromatic nitrogens is 1. The topological polar surface area (TPSA) is 136 Å². The van der Waals surface area contributed by atoms with Crippen LogP contribution in [-0.2, 0) is 16.1 Å². The molecule has 2 N–H and O–H groups in total. The van der Waals surface area contributed by atoms with E-state index in [1.807, 2.05) is 0 Å². The van der Waals surface area contributed by atoms with Crippen LogP contribution in [0.4, 0.5) is 17.1 Å². The Balaban J connectivity index is 1.60. The third-order valence-corrected chi connectivity index (χ3v) is 4.52. The molecular formula is C19H17ClN4O6. The number of hydrogen-bond acceptors (Lipinski definition) is 6. The fraction of sp³-hybridized carbons (Fsp3) is 0.211. The van der Waals surface area contributed by atoms with Crippen LogP contribution in [0.15, 0.2) is 45.6 Å². The van der Waals surface area contributed by atoms with Gasteiger partial charge in [-0.3, -0.25) is 24.3 Å². The number of carbonyl (C=O) groups is 2. The van der Waals surface area contributed by atoms with Gasteiger partial charge in [0.1, 0.15) is 0 Å². The molecule has 0 saturated carbocycles. The highest BCUT2D eigenvalue weighted by atomic mass is 35.5. The Hall–Kier alpha value is -3.66. The summed E-state index contributed by atoms with van der Waals surface area (Å²) in [6.45, 7) is 1.57. The van der Waals surface area contributed by atoms with Crippen LogP contribution in [0.2, 0.25) is 5.02 Å². The number of amides is 2. The Morgan fingerprint density at radius 3 is 2.63 bits per heavy atom. The fourth-order valence-electron chi connectivity index (χ4n) is 2.89. The molecule has 1 heterocycles. The molecule has 3 aromatic rings. The van der Waals surface area contributed by atoms with Gasteiger partial charge in [0.2, 0.25) is 11.8 Å². The number of rotatable bonds is 7. The molecule has 1 aromatic heterocycles. The van der Waals surface area contributed by atoms with E-state index in [1.54, 1.807) is 12.1 Å². The second kappa shape index (κ2) is 8.78. The van der Waals surface area contributed by atoms with Crippen LogP contribution in [0.25, 0.3) is 11.1 Å². The van der Waals surface area contributed by atoms with Crippen LogP contribution < -0.4 is 16.4 Å². The predicted octanol–water partition coefficient (Wildman–Crippen LogP) is 3.53. The Morgan fingerprint density at radius 2 is 1.97 bits per heavy atom. The van der Waals surface area contributed by atoms with Crippen LogP contribution in [0, 0.1) is 10.1 Å². The number of nitro groups is 1. The third-order valence-electron chi connectivity index (χ3n) is 4.21. The standard InChI is InChI=1S/C19H17ClN4O6/c1-11(25)21-15-6-4-12(9-14(15)20)22-18(26)3-2-8-23-16-7-5-13(24(28)29)10-17(16)30-19(23)27/h4-7,9-10H,2-3,8H2,1H3,(H,21,25)(H,22,26). The van der Waals surface area contributed by atoms with E-state index in [0.717, 1.165) is 0 Å². The summed E-state index contributed by atoms with van der Waals surface area (Å²) in [5, 5.41) is 16.4. The quantitative estimate of drug-likeness (QED) is 0.432. The first kappa shape index (κ1) is 21.1. The first-order chi connectivity index (χ1) is 14.2. The van der Waals surface area contributed by atoms with Crippen molar-refractivity contribution in [3.05, 3.63) is 62.1 Å². The number of hydrogen-bond donors (Lipinski definition) is 2. The summed E-state index contributed by atoms with van der Waals surface area (Å²) in [5.74, 6) is -1.19. The maximum atomic E-state index is 12.2. The molecule has 0 saturated heterocycles. The van der Waals surface area contributed by atoms with Crippen molar-refractivity contribution in [1.29, 1.82) is 0 Å². The van der Waals surface area contributed by atoms with Gasteiger partial charge >= 0.3 is 5.76 Å². The summed E-state index contributed by atoms with van der Waals surface area (Å²) in [7, 11) is 0. The normalized spacial score (nSPS) is 10.7. The molecule has 10 nitrogen and oxygen atoms in total. The van der Waals surface area contributed by atoms with Crippen LogP contribution in [-0.4, -0.2) is 21.3 Å². The Labute approximate surface area is 174 Å². The largest absolute Gasteiger partial charge is 0.419 e. The summed E-state index contributed by atoms with van der Waals surface area (Å²) < 4.78 is 6.38. The second-order valence-corrected chi connectivity index (χ2v) is 6.86. The number of nitrogens with one attached hydrogen (secondary N) is 2. The Bertz CT molecular complexity index is 1200. The molecule has 0 atom stereocenters.